The number of carbonyl (C=O) groups excluding carboxylic acids is 1. The molecule has 2 aromatic carbocycles. The Morgan fingerprint density at radius 2 is 1.57 bits per heavy atom. The number of anilines is 1. The second-order valence-corrected chi connectivity index (χ2v) is 9.98. The fourth-order valence-electron chi connectivity index (χ4n) is 2.88. The van der Waals surface area contributed by atoms with Crippen LogP contribution in [0.5, 0.6) is 0 Å². The van der Waals surface area contributed by atoms with E-state index in [1.807, 2.05) is 19.1 Å². The van der Waals surface area contributed by atoms with Crippen LogP contribution in [0.25, 0.3) is 0 Å². The third-order valence-electron chi connectivity index (χ3n) is 4.55. The molecule has 0 bridgehead atoms. The molecule has 0 aliphatic carbocycles. The number of benzene rings is 2. The summed E-state index contributed by atoms with van der Waals surface area (Å²) in [6, 6.07) is 15.3. The van der Waals surface area contributed by atoms with Gasteiger partial charge in [0.25, 0.3) is 0 Å². The van der Waals surface area contributed by atoms with E-state index >= 15 is 0 Å². The Labute approximate surface area is 168 Å². The summed E-state index contributed by atoms with van der Waals surface area (Å²) in [7, 11) is -3.29. The minimum absolute atomic E-state index is 0.00858. The molecule has 0 saturated heterocycles. The summed E-state index contributed by atoms with van der Waals surface area (Å²) in [6.45, 7) is 8.46. The summed E-state index contributed by atoms with van der Waals surface area (Å²) in [5.41, 5.74) is 3.97. The van der Waals surface area contributed by atoms with Crippen LogP contribution in [0.15, 0.2) is 48.5 Å². The average molecular weight is 403 g/mol. The Kier molecular flexibility index (Phi) is 6.88. The second kappa shape index (κ2) is 8.78. The standard InChI is InChI=1S/C22H30N2O3S/c1-16(18-9-13-20(14-10-18)24-28(5,26)27)23-21(25)15-8-17-6-11-19(12-7-17)22(2,3)4/h6-7,9-14,16,24H,8,15H2,1-5H3,(H,23,25)/t16-/m1/s1. The Bertz CT molecular complexity index is 896. The Morgan fingerprint density at radius 1 is 1.00 bits per heavy atom. The van der Waals surface area contributed by atoms with Crippen molar-refractivity contribution in [3.05, 3.63) is 65.2 Å². The van der Waals surface area contributed by atoms with Crippen LogP contribution < -0.4 is 10.0 Å². The summed E-state index contributed by atoms with van der Waals surface area (Å²) < 4.78 is 24.9. The lowest BCUT2D eigenvalue weighted by atomic mass is 9.86. The van der Waals surface area contributed by atoms with Gasteiger partial charge in [-0.15, -0.1) is 0 Å². The highest BCUT2D eigenvalue weighted by molar-refractivity contribution is 7.92. The lowest BCUT2D eigenvalue weighted by Gasteiger charge is -2.19. The highest BCUT2D eigenvalue weighted by Gasteiger charge is 2.14. The summed E-state index contributed by atoms with van der Waals surface area (Å²) >= 11 is 0. The van der Waals surface area contributed by atoms with Crippen LogP contribution in [-0.2, 0) is 26.7 Å². The van der Waals surface area contributed by atoms with Gasteiger partial charge in [0, 0.05) is 12.1 Å². The van der Waals surface area contributed by atoms with Crippen LogP contribution in [0, 0.1) is 0 Å². The molecule has 0 aliphatic heterocycles. The highest BCUT2D eigenvalue weighted by atomic mass is 32.2. The molecule has 28 heavy (non-hydrogen) atoms. The second-order valence-electron chi connectivity index (χ2n) is 8.23. The lowest BCUT2D eigenvalue weighted by Crippen LogP contribution is -2.26. The first kappa shape index (κ1) is 22.0. The highest BCUT2D eigenvalue weighted by Crippen LogP contribution is 2.22. The maximum atomic E-state index is 12.3. The topological polar surface area (TPSA) is 75.3 Å². The van der Waals surface area contributed by atoms with Crippen molar-refractivity contribution in [2.75, 3.05) is 11.0 Å². The van der Waals surface area contributed by atoms with E-state index in [0.717, 1.165) is 17.4 Å². The molecule has 0 heterocycles. The molecule has 2 aromatic rings. The van der Waals surface area contributed by atoms with Crippen LogP contribution in [0.4, 0.5) is 5.69 Å². The van der Waals surface area contributed by atoms with Gasteiger partial charge in [-0.3, -0.25) is 9.52 Å². The number of amides is 1. The number of sulfonamides is 1. The van der Waals surface area contributed by atoms with Crippen molar-refractivity contribution in [3.63, 3.8) is 0 Å². The molecule has 0 radical (unpaired) electrons. The number of hydrogen-bond acceptors (Lipinski definition) is 3. The van der Waals surface area contributed by atoms with Crippen molar-refractivity contribution in [3.8, 4) is 0 Å². The zero-order valence-corrected chi connectivity index (χ0v) is 18.1. The van der Waals surface area contributed by atoms with Gasteiger partial charge in [-0.2, -0.15) is 0 Å². The van der Waals surface area contributed by atoms with Gasteiger partial charge in [0.1, 0.15) is 0 Å². The van der Waals surface area contributed by atoms with Crippen molar-refractivity contribution >= 4 is 21.6 Å². The monoisotopic (exact) mass is 402 g/mol. The molecule has 1 amide bonds. The molecule has 0 saturated carbocycles. The van der Waals surface area contributed by atoms with Gasteiger partial charge >= 0.3 is 0 Å². The molecule has 1 atom stereocenters. The van der Waals surface area contributed by atoms with Gasteiger partial charge in [-0.25, -0.2) is 8.42 Å². The normalized spacial score (nSPS) is 13.0. The molecule has 2 rings (SSSR count). The van der Waals surface area contributed by atoms with Gasteiger partial charge in [0.15, 0.2) is 0 Å². The van der Waals surface area contributed by atoms with E-state index in [9.17, 15) is 13.2 Å². The summed E-state index contributed by atoms with van der Waals surface area (Å²) in [6.07, 6.45) is 2.23. The molecule has 152 valence electrons. The molecule has 0 aliphatic rings. The molecule has 0 spiro atoms. The van der Waals surface area contributed by atoms with Gasteiger partial charge in [0.05, 0.1) is 12.3 Å². The lowest BCUT2D eigenvalue weighted by molar-refractivity contribution is -0.121. The van der Waals surface area contributed by atoms with Gasteiger partial charge in [-0.1, -0.05) is 57.2 Å². The molecule has 0 unspecified atom stereocenters. The predicted octanol–water partition coefficient (Wildman–Crippen LogP) is 4.17. The third-order valence-corrected chi connectivity index (χ3v) is 5.16. The summed E-state index contributed by atoms with van der Waals surface area (Å²) in [5, 5.41) is 2.99. The van der Waals surface area contributed by atoms with Crippen molar-refractivity contribution < 1.29 is 13.2 Å². The zero-order valence-electron chi connectivity index (χ0n) is 17.2. The Hall–Kier alpha value is -2.34. The van der Waals surface area contributed by atoms with E-state index in [1.54, 1.807) is 12.1 Å². The fraction of sp³-hybridized carbons (Fsp3) is 0.409. The van der Waals surface area contributed by atoms with Crippen LogP contribution in [0.1, 0.15) is 56.8 Å². The first-order valence-corrected chi connectivity index (χ1v) is 11.3. The molecule has 0 aromatic heterocycles. The number of hydrogen-bond donors (Lipinski definition) is 2. The van der Waals surface area contributed by atoms with Crippen molar-refractivity contribution in [1.82, 2.24) is 5.32 Å². The smallest absolute Gasteiger partial charge is 0.229 e. The fourth-order valence-corrected chi connectivity index (χ4v) is 3.44. The first-order chi connectivity index (χ1) is 12.9. The zero-order chi connectivity index (χ0) is 20.9. The molecule has 6 heteroatoms. The quantitative estimate of drug-likeness (QED) is 0.730. The maximum absolute atomic E-state index is 12.3. The third kappa shape index (κ3) is 7.00. The molecule has 5 nitrogen and oxygen atoms in total. The molecule has 2 N–H and O–H groups in total. The van der Waals surface area contributed by atoms with Crippen LogP contribution in [0.2, 0.25) is 0 Å². The number of nitrogens with one attached hydrogen (secondary N) is 2. The van der Waals surface area contributed by atoms with E-state index < -0.39 is 10.0 Å². The minimum Gasteiger partial charge on any atom is -0.350 e. The number of carbonyl (C=O) groups is 1. The van der Waals surface area contributed by atoms with Gasteiger partial charge in [0.2, 0.25) is 15.9 Å². The molecule has 0 fully saturated rings. The first-order valence-electron chi connectivity index (χ1n) is 9.40. The van der Waals surface area contributed by atoms with E-state index in [0.29, 0.717) is 18.5 Å². The Morgan fingerprint density at radius 3 is 2.07 bits per heavy atom. The van der Waals surface area contributed by atoms with Crippen molar-refractivity contribution in [1.29, 1.82) is 0 Å². The van der Waals surface area contributed by atoms with E-state index in [-0.39, 0.29) is 17.4 Å². The van der Waals surface area contributed by atoms with E-state index in [1.165, 1.54) is 5.56 Å². The van der Waals surface area contributed by atoms with Crippen molar-refractivity contribution in [2.24, 2.45) is 0 Å². The SMILES string of the molecule is C[C@@H](NC(=O)CCc1ccc(C(C)(C)C)cc1)c1ccc(NS(C)(=O)=O)cc1. The predicted molar refractivity (Wildman–Crippen MR) is 115 cm³/mol. The van der Waals surface area contributed by atoms with Crippen LogP contribution in [0.3, 0.4) is 0 Å². The largest absolute Gasteiger partial charge is 0.350 e. The average Bonchev–Trinajstić information content (AvgIpc) is 2.59. The maximum Gasteiger partial charge on any atom is 0.229 e. The summed E-state index contributed by atoms with van der Waals surface area (Å²) in [5.74, 6) is -0.00858. The number of aryl methyl sites for hydroxylation is 1. The summed E-state index contributed by atoms with van der Waals surface area (Å²) in [4.78, 5) is 12.3. The van der Waals surface area contributed by atoms with E-state index in [2.05, 4.69) is 55.1 Å². The van der Waals surface area contributed by atoms with Gasteiger partial charge in [-0.05, 0) is 47.6 Å². The molecular weight excluding hydrogens is 372 g/mol. The van der Waals surface area contributed by atoms with E-state index in [4.69, 9.17) is 0 Å². The van der Waals surface area contributed by atoms with Crippen LogP contribution in [-0.4, -0.2) is 20.6 Å². The van der Waals surface area contributed by atoms with Gasteiger partial charge < -0.3 is 5.32 Å². The minimum atomic E-state index is -3.29. The number of rotatable bonds is 7. The molecular formula is C22H30N2O3S. The van der Waals surface area contributed by atoms with Crippen LogP contribution >= 0.6 is 0 Å². The Balaban J connectivity index is 1.87. The van der Waals surface area contributed by atoms with Crippen molar-refractivity contribution in [2.45, 2.75) is 52.0 Å².